The van der Waals surface area contributed by atoms with Crippen molar-refractivity contribution >= 4 is 5.78 Å². The first-order valence-electron chi connectivity index (χ1n) is 10.7. The van der Waals surface area contributed by atoms with E-state index in [1.807, 2.05) is 45.0 Å². The predicted molar refractivity (Wildman–Crippen MR) is 117 cm³/mol. The number of ketones is 1. The molecule has 0 spiro atoms. The minimum Gasteiger partial charge on any atom is -0.500 e. The van der Waals surface area contributed by atoms with Crippen molar-refractivity contribution in [1.29, 1.82) is 0 Å². The molecule has 5 nitrogen and oxygen atoms in total. The van der Waals surface area contributed by atoms with Crippen LogP contribution in [0.3, 0.4) is 0 Å². The quantitative estimate of drug-likeness (QED) is 0.562. The van der Waals surface area contributed by atoms with Crippen LogP contribution in [0.25, 0.3) is 11.3 Å². The van der Waals surface area contributed by atoms with Crippen molar-refractivity contribution in [3.8, 4) is 17.1 Å². The van der Waals surface area contributed by atoms with E-state index in [0.717, 1.165) is 17.7 Å². The van der Waals surface area contributed by atoms with Gasteiger partial charge < -0.3 is 13.9 Å². The molecule has 0 unspecified atom stereocenters. The van der Waals surface area contributed by atoms with Crippen LogP contribution in [0.15, 0.2) is 50.9 Å². The van der Waals surface area contributed by atoms with Crippen molar-refractivity contribution < 1.29 is 18.7 Å². The van der Waals surface area contributed by atoms with Gasteiger partial charge in [-0.3, -0.25) is 9.59 Å². The smallest absolute Gasteiger partial charge is 0.199 e. The van der Waals surface area contributed by atoms with Gasteiger partial charge >= 0.3 is 0 Å². The summed E-state index contributed by atoms with van der Waals surface area (Å²) in [5.41, 5.74) is 0.517. The van der Waals surface area contributed by atoms with Crippen LogP contribution < -0.4 is 10.2 Å². The van der Waals surface area contributed by atoms with E-state index in [1.54, 1.807) is 7.11 Å². The Morgan fingerprint density at radius 3 is 2.20 bits per heavy atom. The first kappa shape index (κ1) is 21.9. The number of hydrogen-bond donors (Lipinski definition) is 0. The molecule has 0 saturated heterocycles. The Hall–Kier alpha value is -2.82. The fraction of sp³-hybridized carbons (Fsp3) is 0.440. The molecule has 1 heterocycles. The van der Waals surface area contributed by atoms with E-state index in [4.69, 9.17) is 13.9 Å². The Bertz CT molecular complexity index is 1010. The number of methoxy groups -OCH3 is 1. The molecule has 2 aromatic rings. The number of allylic oxidation sites excluding steroid dienone is 2. The van der Waals surface area contributed by atoms with Gasteiger partial charge in [-0.25, -0.2) is 0 Å². The fourth-order valence-electron chi connectivity index (χ4n) is 4.30. The van der Waals surface area contributed by atoms with E-state index in [0.29, 0.717) is 48.7 Å². The molecule has 0 radical (unpaired) electrons. The molecule has 0 fully saturated rings. The maximum absolute atomic E-state index is 13.1. The van der Waals surface area contributed by atoms with Gasteiger partial charge in [-0.05, 0) is 49.9 Å². The molecule has 0 amide bonds. The van der Waals surface area contributed by atoms with E-state index >= 15 is 0 Å². The summed E-state index contributed by atoms with van der Waals surface area (Å²) in [5.74, 6) is 1.96. The molecule has 1 aliphatic carbocycles. The molecular weight excluding hydrogens is 380 g/mol. The molecule has 5 heteroatoms. The fourth-order valence-corrected chi connectivity index (χ4v) is 4.30. The van der Waals surface area contributed by atoms with Crippen LogP contribution in [0.2, 0.25) is 0 Å². The first-order valence-corrected chi connectivity index (χ1v) is 10.7. The number of benzene rings is 1. The maximum Gasteiger partial charge on any atom is 0.199 e. The highest BCUT2D eigenvalue weighted by molar-refractivity contribution is 6.11. The van der Waals surface area contributed by atoms with Crippen LogP contribution in [-0.4, -0.2) is 19.5 Å². The monoisotopic (exact) mass is 410 g/mol. The molecule has 1 aliphatic rings. The van der Waals surface area contributed by atoms with Crippen molar-refractivity contribution in [3.05, 3.63) is 63.2 Å². The molecular formula is C25H30O5. The minimum atomic E-state index is -0.636. The van der Waals surface area contributed by atoms with Crippen molar-refractivity contribution in [3.63, 3.8) is 0 Å². The summed E-state index contributed by atoms with van der Waals surface area (Å²) in [6.45, 7) is 8.67. The van der Waals surface area contributed by atoms with Gasteiger partial charge in [-0.1, -0.05) is 27.7 Å². The average Bonchev–Trinajstić information content (AvgIpc) is 2.77. The van der Waals surface area contributed by atoms with Crippen LogP contribution in [0.4, 0.5) is 0 Å². The highest BCUT2D eigenvalue weighted by atomic mass is 16.5. The molecule has 3 rings (SSSR count). The number of carbonyl (C=O) groups is 1. The van der Waals surface area contributed by atoms with Gasteiger partial charge in [0.05, 0.1) is 19.1 Å². The first-order chi connectivity index (χ1) is 14.5. The number of carbonyl (C=O) groups excluding carboxylic acids is 1. The minimum absolute atomic E-state index is 0.142. The van der Waals surface area contributed by atoms with E-state index < -0.39 is 5.41 Å². The van der Waals surface area contributed by atoms with Crippen molar-refractivity contribution in [1.82, 2.24) is 0 Å². The zero-order valence-electron chi connectivity index (χ0n) is 18.5. The summed E-state index contributed by atoms with van der Waals surface area (Å²) in [6.07, 6.45) is 2.75. The standard InChI is InChI=1S/C25H30O5/c1-6-14-29-17-12-10-16(11-13-17)20-15-19(26)21-22(27)18(7-2)23(28-5)25(8-3,9-4)24(21)30-20/h10-13,15H,6-9,14H2,1-5H3. The third-order valence-corrected chi connectivity index (χ3v) is 5.97. The van der Waals surface area contributed by atoms with Crippen LogP contribution in [0, 0.1) is 0 Å². The molecule has 1 aromatic carbocycles. The largest absolute Gasteiger partial charge is 0.500 e. The van der Waals surface area contributed by atoms with Crippen LogP contribution in [0.1, 0.15) is 69.5 Å². The lowest BCUT2D eigenvalue weighted by Crippen LogP contribution is -2.39. The van der Waals surface area contributed by atoms with Crippen LogP contribution in [-0.2, 0) is 10.2 Å². The zero-order valence-corrected chi connectivity index (χ0v) is 18.5. The molecule has 160 valence electrons. The van der Waals surface area contributed by atoms with Gasteiger partial charge in [0, 0.05) is 17.2 Å². The highest BCUT2D eigenvalue weighted by Crippen LogP contribution is 2.47. The van der Waals surface area contributed by atoms with Gasteiger partial charge in [0.15, 0.2) is 11.2 Å². The second-order valence-electron chi connectivity index (χ2n) is 7.54. The Balaban J connectivity index is 2.19. The Morgan fingerprint density at radius 2 is 1.67 bits per heavy atom. The van der Waals surface area contributed by atoms with Crippen molar-refractivity contribution in [2.75, 3.05) is 13.7 Å². The number of hydrogen-bond acceptors (Lipinski definition) is 5. The average molecular weight is 411 g/mol. The van der Waals surface area contributed by atoms with E-state index in [1.165, 1.54) is 6.07 Å². The van der Waals surface area contributed by atoms with E-state index in [-0.39, 0.29) is 16.8 Å². The SMILES string of the molecule is CCCOc1ccc(-c2cc(=O)c3c(o2)C(CC)(CC)C(OC)=C(CC)C3=O)cc1. The lowest BCUT2D eigenvalue weighted by atomic mass is 9.69. The zero-order chi connectivity index (χ0) is 21.9. The summed E-state index contributed by atoms with van der Waals surface area (Å²) in [7, 11) is 1.58. The van der Waals surface area contributed by atoms with Crippen LogP contribution >= 0.6 is 0 Å². The summed E-state index contributed by atoms with van der Waals surface area (Å²) >= 11 is 0. The molecule has 0 saturated carbocycles. The molecule has 30 heavy (non-hydrogen) atoms. The van der Waals surface area contributed by atoms with Gasteiger partial charge in [0.25, 0.3) is 0 Å². The normalized spacial score (nSPS) is 15.2. The summed E-state index contributed by atoms with van der Waals surface area (Å²) < 4.78 is 17.7. The van der Waals surface area contributed by atoms with Gasteiger partial charge in [0.1, 0.15) is 28.6 Å². The maximum atomic E-state index is 13.1. The topological polar surface area (TPSA) is 65.7 Å². The highest BCUT2D eigenvalue weighted by Gasteiger charge is 2.47. The third kappa shape index (κ3) is 3.47. The lowest BCUT2D eigenvalue weighted by molar-refractivity contribution is 0.0975. The third-order valence-electron chi connectivity index (χ3n) is 5.97. The Morgan fingerprint density at radius 1 is 1.00 bits per heavy atom. The molecule has 0 aliphatic heterocycles. The van der Waals surface area contributed by atoms with E-state index in [9.17, 15) is 9.59 Å². The van der Waals surface area contributed by atoms with Gasteiger partial charge in [-0.15, -0.1) is 0 Å². The predicted octanol–water partition coefficient (Wildman–Crippen LogP) is 5.66. The molecule has 1 aromatic heterocycles. The Labute approximate surface area is 177 Å². The lowest BCUT2D eigenvalue weighted by Gasteiger charge is -2.37. The van der Waals surface area contributed by atoms with Crippen molar-refractivity contribution in [2.45, 2.75) is 58.8 Å². The van der Waals surface area contributed by atoms with Crippen LogP contribution in [0.5, 0.6) is 5.75 Å². The number of ether oxygens (including phenoxy) is 2. The number of fused-ring (bicyclic) bond motifs is 1. The summed E-state index contributed by atoms with van der Waals surface area (Å²) in [5, 5.41) is 0. The second kappa shape index (κ2) is 8.90. The van der Waals surface area contributed by atoms with Gasteiger partial charge in [-0.2, -0.15) is 0 Å². The number of Topliss-reactive ketones (excluding diaryl/α,β-unsaturated/α-hetero) is 1. The molecule has 0 bridgehead atoms. The summed E-state index contributed by atoms with van der Waals surface area (Å²) in [4.78, 5) is 26.2. The second-order valence-corrected chi connectivity index (χ2v) is 7.54. The van der Waals surface area contributed by atoms with E-state index in [2.05, 4.69) is 6.92 Å². The Kier molecular flexibility index (Phi) is 6.49. The molecule has 0 atom stereocenters. The summed E-state index contributed by atoms with van der Waals surface area (Å²) in [6, 6.07) is 8.87. The van der Waals surface area contributed by atoms with Crippen molar-refractivity contribution in [2.24, 2.45) is 0 Å². The van der Waals surface area contributed by atoms with Gasteiger partial charge in [0.2, 0.25) is 0 Å². The molecule has 0 N–H and O–H groups in total. The number of rotatable bonds is 8.